The van der Waals surface area contributed by atoms with E-state index in [0.717, 1.165) is 47.5 Å². The van der Waals surface area contributed by atoms with Crippen molar-refractivity contribution in [1.82, 2.24) is 40.0 Å². The summed E-state index contributed by atoms with van der Waals surface area (Å²) in [5.74, 6) is 1.47. The van der Waals surface area contributed by atoms with E-state index in [2.05, 4.69) is 85.8 Å². The molecule has 2 aromatic carbocycles. The van der Waals surface area contributed by atoms with Gasteiger partial charge in [-0.25, -0.2) is 4.98 Å². The smallest absolute Gasteiger partial charge is 1.00 e. The van der Waals surface area contributed by atoms with Gasteiger partial charge in [0.2, 0.25) is 5.82 Å². The van der Waals surface area contributed by atoms with E-state index in [1.807, 2.05) is 22.8 Å². The zero-order valence-corrected chi connectivity index (χ0v) is 21.1. The van der Waals surface area contributed by atoms with Crippen molar-refractivity contribution in [2.24, 2.45) is 0 Å². The van der Waals surface area contributed by atoms with Crippen LogP contribution in [0.1, 0.15) is 32.2 Å². The van der Waals surface area contributed by atoms with E-state index >= 15 is 0 Å². The Morgan fingerprint density at radius 2 is 1.74 bits per heavy atom. The van der Waals surface area contributed by atoms with Crippen molar-refractivity contribution in [3.8, 4) is 22.5 Å². The molecule has 5 rings (SSSR count). The number of nitrogens with zero attached hydrogens (tertiary/aromatic N) is 7. The Morgan fingerprint density at radius 1 is 0.968 bits per heavy atom. The summed E-state index contributed by atoms with van der Waals surface area (Å²) in [6.07, 6.45) is 3.91. The maximum Gasteiger partial charge on any atom is 1.00 e. The molecule has 0 aliphatic carbocycles. The molecule has 0 bridgehead atoms. The summed E-state index contributed by atoms with van der Waals surface area (Å²) in [5, 5.41) is 19.1. The molecule has 9 heteroatoms. The molecule has 0 aliphatic rings. The van der Waals surface area contributed by atoms with E-state index in [1.165, 1.54) is 11.1 Å². The van der Waals surface area contributed by atoms with E-state index in [4.69, 9.17) is 0 Å². The molecule has 3 heterocycles. The maximum atomic E-state index is 4.66. The molecule has 1 N–H and O–H groups in total. The largest absolute Gasteiger partial charge is 1.00 e. The summed E-state index contributed by atoms with van der Waals surface area (Å²) in [5.41, 5.74) is 6.51. The maximum absolute atomic E-state index is 4.66. The Labute approximate surface area is 224 Å². The van der Waals surface area contributed by atoms with Gasteiger partial charge >= 0.3 is 51.4 Å². The van der Waals surface area contributed by atoms with Gasteiger partial charge in [0.15, 0.2) is 11.5 Å². The SMILES string of the molecule is CCc1nc2c(CC)cn(Cc3ccc(-c4ccccc4-c4nn[nH]n4)cc3)n2n1.[H-].[K+]. The Kier molecular flexibility index (Phi) is 6.78. The van der Waals surface area contributed by atoms with Gasteiger partial charge < -0.3 is 1.43 Å². The molecule has 0 radical (unpaired) electrons. The zero-order chi connectivity index (χ0) is 20.5. The van der Waals surface area contributed by atoms with Crippen LogP contribution < -0.4 is 51.4 Å². The summed E-state index contributed by atoms with van der Waals surface area (Å²) in [4.78, 5) is 4.66. The number of aromatic nitrogens is 8. The average Bonchev–Trinajstić information content (AvgIpc) is 3.52. The molecule has 0 fully saturated rings. The van der Waals surface area contributed by atoms with E-state index in [0.29, 0.717) is 5.82 Å². The second kappa shape index (κ2) is 9.54. The minimum absolute atomic E-state index is 0. The van der Waals surface area contributed by atoms with Gasteiger partial charge in [0.1, 0.15) is 0 Å². The molecule has 8 nitrogen and oxygen atoms in total. The van der Waals surface area contributed by atoms with Crippen LogP contribution in [0.5, 0.6) is 0 Å². The fourth-order valence-corrected chi connectivity index (χ4v) is 3.71. The van der Waals surface area contributed by atoms with Crippen LogP contribution in [0.25, 0.3) is 28.2 Å². The first kappa shape index (κ1) is 22.0. The Balaban J connectivity index is 0.00000144. The van der Waals surface area contributed by atoms with Crippen molar-refractivity contribution in [3.63, 3.8) is 0 Å². The molecule has 5 aromatic rings. The van der Waals surface area contributed by atoms with Crippen LogP contribution in [0.4, 0.5) is 0 Å². The second-order valence-electron chi connectivity index (χ2n) is 7.18. The quantitative estimate of drug-likeness (QED) is 0.394. The molecule has 0 saturated heterocycles. The molecule has 31 heavy (non-hydrogen) atoms. The van der Waals surface area contributed by atoms with Crippen molar-refractivity contribution in [2.75, 3.05) is 0 Å². The third kappa shape index (κ3) is 4.28. The number of hydrogen-bond donors (Lipinski definition) is 1. The number of tetrazole rings is 1. The van der Waals surface area contributed by atoms with E-state index in [-0.39, 0.29) is 52.8 Å². The van der Waals surface area contributed by atoms with E-state index in [1.54, 1.807) is 0 Å². The van der Waals surface area contributed by atoms with Crippen LogP contribution in [0.15, 0.2) is 54.7 Å². The zero-order valence-electron chi connectivity index (χ0n) is 18.9. The number of rotatable bonds is 6. The molecule has 0 spiro atoms. The number of benzene rings is 2. The summed E-state index contributed by atoms with van der Waals surface area (Å²) in [6, 6.07) is 16.6. The summed E-state index contributed by atoms with van der Waals surface area (Å²) >= 11 is 0. The Hall–Kier alpha value is -2.17. The normalized spacial score (nSPS) is 11.0. The topological polar surface area (TPSA) is 89.6 Å². The predicted octanol–water partition coefficient (Wildman–Crippen LogP) is 0.667. The standard InChI is InChI=1S/C22H22N8.K.H/c1-3-16-14-29(30-22(16)23-20(4-2)26-30)13-15-9-11-17(12-10-15)18-7-5-6-8-19(18)21-24-27-28-25-21;;/h5-12,14H,3-4,13H2,1-2H3,(H,24,25,27,28);;/q;+1;-1. The van der Waals surface area contributed by atoms with Crippen molar-refractivity contribution >= 4 is 5.65 Å². The number of aromatic amines is 1. The minimum atomic E-state index is 0. The van der Waals surface area contributed by atoms with Crippen molar-refractivity contribution in [1.29, 1.82) is 0 Å². The van der Waals surface area contributed by atoms with E-state index < -0.39 is 0 Å². The number of hydrogen-bond acceptors (Lipinski definition) is 5. The summed E-state index contributed by atoms with van der Waals surface area (Å²) < 4.78 is 4.06. The van der Waals surface area contributed by atoms with Crippen LogP contribution in [0.3, 0.4) is 0 Å². The Bertz CT molecular complexity index is 1290. The average molecular weight is 439 g/mol. The number of H-pyrrole nitrogens is 1. The third-order valence-electron chi connectivity index (χ3n) is 5.29. The van der Waals surface area contributed by atoms with Crippen LogP contribution in [0, 0.1) is 0 Å². The van der Waals surface area contributed by atoms with Crippen LogP contribution in [0.2, 0.25) is 0 Å². The van der Waals surface area contributed by atoms with Gasteiger partial charge in [-0.15, -0.1) is 15.3 Å². The van der Waals surface area contributed by atoms with Crippen LogP contribution >= 0.6 is 0 Å². The molecular formula is C22H23KN8. The van der Waals surface area contributed by atoms with Gasteiger partial charge in [-0.05, 0) is 28.3 Å². The van der Waals surface area contributed by atoms with Crippen LogP contribution in [-0.2, 0) is 19.4 Å². The first-order chi connectivity index (χ1) is 14.8. The van der Waals surface area contributed by atoms with Gasteiger partial charge in [-0.2, -0.15) is 9.84 Å². The first-order valence-corrected chi connectivity index (χ1v) is 10.1. The fourth-order valence-electron chi connectivity index (χ4n) is 3.71. The van der Waals surface area contributed by atoms with Gasteiger partial charge in [-0.1, -0.05) is 62.4 Å². The molecule has 3 aromatic heterocycles. The molecule has 0 saturated carbocycles. The number of nitrogens with one attached hydrogen (secondary N) is 1. The van der Waals surface area contributed by atoms with Crippen LogP contribution in [-0.4, -0.2) is 40.0 Å². The number of aryl methyl sites for hydroxylation is 2. The summed E-state index contributed by atoms with van der Waals surface area (Å²) in [7, 11) is 0. The van der Waals surface area contributed by atoms with Gasteiger partial charge in [0.05, 0.1) is 6.54 Å². The second-order valence-corrected chi connectivity index (χ2v) is 7.18. The summed E-state index contributed by atoms with van der Waals surface area (Å²) in [6.45, 7) is 4.96. The van der Waals surface area contributed by atoms with Gasteiger partial charge in [0.25, 0.3) is 0 Å². The van der Waals surface area contributed by atoms with E-state index in [9.17, 15) is 0 Å². The Morgan fingerprint density at radius 3 is 2.42 bits per heavy atom. The molecule has 0 atom stereocenters. The molecule has 152 valence electrons. The minimum Gasteiger partial charge on any atom is -1.00 e. The predicted molar refractivity (Wildman–Crippen MR) is 115 cm³/mol. The molecule has 0 unspecified atom stereocenters. The molecule has 0 amide bonds. The van der Waals surface area contributed by atoms with Crippen molar-refractivity contribution < 1.29 is 52.8 Å². The monoisotopic (exact) mass is 438 g/mol. The van der Waals surface area contributed by atoms with Gasteiger partial charge in [-0.3, -0.25) is 4.68 Å². The first-order valence-electron chi connectivity index (χ1n) is 10.1. The van der Waals surface area contributed by atoms with Crippen molar-refractivity contribution in [2.45, 2.75) is 33.2 Å². The molecular weight excluding hydrogens is 415 g/mol. The van der Waals surface area contributed by atoms with Crippen molar-refractivity contribution in [3.05, 3.63) is 71.7 Å². The molecule has 0 aliphatic heterocycles. The third-order valence-corrected chi connectivity index (χ3v) is 5.29. The fraction of sp³-hybridized carbons (Fsp3) is 0.227. The number of fused-ring (bicyclic) bond motifs is 1. The van der Waals surface area contributed by atoms with Gasteiger partial charge in [0, 0.05) is 23.7 Å².